The molecule has 0 radical (unpaired) electrons. The van der Waals surface area contributed by atoms with Gasteiger partial charge in [-0.2, -0.15) is 0 Å². The number of rotatable bonds is 5. The van der Waals surface area contributed by atoms with Gasteiger partial charge >= 0.3 is 5.97 Å². The van der Waals surface area contributed by atoms with Gasteiger partial charge in [-0.3, -0.25) is 0 Å². The van der Waals surface area contributed by atoms with Crippen molar-refractivity contribution in [2.24, 2.45) is 5.92 Å². The maximum Gasteiger partial charge on any atom is 0.347 e. The van der Waals surface area contributed by atoms with E-state index in [1.54, 1.807) is 6.92 Å². The van der Waals surface area contributed by atoms with E-state index < -0.39 is 11.6 Å². The average molecular weight is 276 g/mol. The molecule has 0 spiro atoms. The Balaban J connectivity index is 2.07. The summed E-state index contributed by atoms with van der Waals surface area (Å²) in [5.41, 5.74) is 0.193. The molecule has 0 aromatic heterocycles. The van der Waals surface area contributed by atoms with E-state index in [0.29, 0.717) is 18.1 Å². The zero-order valence-electron chi connectivity index (χ0n) is 12.6. The molecule has 1 aliphatic carbocycles. The van der Waals surface area contributed by atoms with Crippen LogP contribution in [0.2, 0.25) is 0 Å². The van der Waals surface area contributed by atoms with Gasteiger partial charge in [0.05, 0.1) is 0 Å². The van der Waals surface area contributed by atoms with Crippen LogP contribution in [0.3, 0.4) is 0 Å². The van der Waals surface area contributed by atoms with Gasteiger partial charge in [0.2, 0.25) is 5.60 Å². The predicted molar refractivity (Wildman–Crippen MR) is 79.2 cm³/mol. The lowest BCUT2D eigenvalue weighted by molar-refractivity contribution is -0.154. The van der Waals surface area contributed by atoms with Crippen LogP contribution >= 0.6 is 0 Å². The summed E-state index contributed by atoms with van der Waals surface area (Å²) in [6.45, 7) is 5.74. The number of carboxylic acids is 1. The Kier molecular flexibility index (Phi) is 4.36. The Labute approximate surface area is 121 Å². The van der Waals surface area contributed by atoms with Gasteiger partial charge in [-0.1, -0.05) is 32.4 Å². The fourth-order valence-electron chi connectivity index (χ4n) is 2.85. The number of hydrogen-bond donors (Lipinski definition) is 1. The van der Waals surface area contributed by atoms with Gasteiger partial charge in [0.25, 0.3) is 0 Å². The van der Waals surface area contributed by atoms with Crippen LogP contribution in [0.1, 0.15) is 57.9 Å². The van der Waals surface area contributed by atoms with Gasteiger partial charge in [-0.05, 0) is 55.7 Å². The minimum atomic E-state index is -1.15. The van der Waals surface area contributed by atoms with E-state index in [1.165, 1.54) is 24.8 Å². The van der Waals surface area contributed by atoms with Crippen molar-refractivity contribution in [3.63, 3.8) is 0 Å². The van der Waals surface area contributed by atoms with Gasteiger partial charge in [0.15, 0.2) is 0 Å². The number of carbonyl (C=O) groups is 1. The van der Waals surface area contributed by atoms with Crippen LogP contribution in [0.15, 0.2) is 24.3 Å². The highest BCUT2D eigenvalue weighted by molar-refractivity contribution is 5.77. The molecule has 0 bridgehead atoms. The van der Waals surface area contributed by atoms with Crippen LogP contribution in [0.5, 0.6) is 5.75 Å². The molecule has 1 fully saturated rings. The first-order valence-corrected chi connectivity index (χ1v) is 7.47. The third-order valence-corrected chi connectivity index (χ3v) is 4.52. The first-order valence-electron chi connectivity index (χ1n) is 7.47. The molecular weight excluding hydrogens is 252 g/mol. The molecule has 1 saturated carbocycles. The summed E-state index contributed by atoms with van der Waals surface area (Å²) >= 11 is 0. The molecule has 2 unspecified atom stereocenters. The maximum absolute atomic E-state index is 11.2. The van der Waals surface area contributed by atoms with Gasteiger partial charge in [0.1, 0.15) is 5.75 Å². The van der Waals surface area contributed by atoms with Crippen molar-refractivity contribution in [3.8, 4) is 5.75 Å². The Morgan fingerprint density at radius 2 is 2.00 bits per heavy atom. The van der Waals surface area contributed by atoms with Crippen molar-refractivity contribution in [2.75, 3.05) is 0 Å². The zero-order valence-corrected chi connectivity index (χ0v) is 12.6. The summed E-state index contributed by atoms with van der Waals surface area (Å²) < 4.78 is 5.65. The molecule has 0 amide bonds. The number of benzene rings is 1. The Morgan fingerprint density at radius 3 is 2.45 bits per heavy atom. The van der Waals surface area contributed by atoms with Crippen molar-refractivity contribution in [1.29, 1.82) is 0 Å². The summed E-state index contributed by atoms with van der Waals surface area (Å²) in [7, 11) is 0. The molecule has 0 heterocycles. The second kappa shape index (κ2) is 5.86. The summed E-state index contributed by atoms with van der Waals surface area (Å²) in [5, 5.41) is 9.23. The largest absolute Gasteiger partial charge is 0.478 e. The highest BCUT2D eigenvalue weighted by Gasteiger charge is 2.33. The second-order valence-electron chi connectivity index (χ2n) is 6.18. The van der Waals surface area contributed by atoms with E-state index in [1.807, 2.05) is 19.1 Å². The number of ether oxygens (including phenoxy) is 1. The number of aliphatic carboxylic acids is 1. The molecule has 1 aromatic carbocycles. The molecule has 0 aliphatic heterocycles. The summed E-state index contributed by atoms with van der Waals surface area (Å²) in [4.78, 5) is 11.2. The van der Waals surface area contributed by atoms with Gasteiger partial charge in [-0.25, -0.2) is 4.79 Å². The molecule has 1 N–H and O–H groups in total. The second-order valence-corrected chi connectivity index (χ2v) is 6.18. The monoisotopic (exact) mass is 276 g/mol. The number of hydrogen-bond acceptors (Lipinski definition) is 2. The highest BCUT2D eigenvalue weighted by atomic mass is 16.5. The smallest absolute Gasteiger partial charge is 0.347 e. The molecule has 1 aliphatic rings. The zero-order chi connectivity index (χ0) is 14.8. The van der Waals surface area contributed by atoms with Crippen molar-refractivity contribution in [1.82, 2.24) is 0 Å². The van der Waals surface area contributed by atoms with Crippen LogP contribution in [0, 0.1) is 5.92 Å². The molecule has 110 valence electrons. The van der Waals surface area contributed by atoms with Crippen LogP contribution < -0.4 is 4.74 Å². The molecule has 3 heteroatoms. The molecule has 0 saturated heterocycles. The van der Waals surface area contributed by atoms with E-state index >= 15 is 0 Å². The molecular formula is C17H24O3. The van der Waals surface area contributed by atoms with Crippen molar-refractivity contribution in [2.45, 2.75) is 58.0 Å². The minimum Gasteiger partial charge on any atom is -0.478 e. The normalized spacial score (nSPS) is 25.1. The van der Waals surface area contributed by atoms with E-state index in [-0.39, 0.29) is 0 Å². The summed E-state index contributed by atoms with van der Waals surface area (Å²) in [5.74, 6) is 1.17. The van der Waals surface area contributed by atoms with Crippen molar-refractivity contribution < 1.29 is 14.6 Å². The SMILES string of the molecule is CCC(C)(Oc1ccc(C2CC[C@H](C)C2)cc1)C(=O)O. The van der Waals surface area contributed by atoms with Gasteiger partial charge in [-0.15, -0.1) is 0 Å². The molecule has 3 atom stereocenters. The molecule has 2 rings (SSSR count). The van der Waals surface area contributed by atoms with E-state index in [0.717, 1.165) is 5.92 Å². The standard InChI is InChI=1S/C17H24O3/c1-4-17(3,16(18)19)20-15-9-7-13(8-10-15)14-6-5-12(2)11-14/h7-10,12,14H,4-6,11H2,1-3H3,(H,18,19)/t12-,14?,17?/m0/s1. The van der Waals surface area contributed by atoms with Gasteiger partial charge < -0.3 is 9.84 Å². The van der Waals surface area contributed by atoms with E-state index in [2.05, 4.69) is 19.1 Å². The Bertz CT molecular complexity index is 466. The lowest BCUT2D eigenvalue weighted by Crippen LogP contribution is -2.40. The maximum atomic E-state index is 11.2. The predicted octanol–water partition coefficient (Wildman–Crippen LogP) is 4.22. The van der Waals surface area contributed by atoms with Crippen LogP contribution in [-0.4, -0.2) is 16.7 Å². The lowest BCUT2D eigenvalue weighted by atomic mass is 9.96. The van der Waals surface area contributed by atoms with Crippen LogP contribution in [-0.2, 0) is 4.79 Å². The van der Waals surface area contributed by atoms with Gasteiger partial charge in [0, 0.05) is 0 Å². The highest BCUT2D eigenvalue weighted by Crippen LogP contribution is 2.38. The summed E-state index contributed by atoms with van der Waals surface area (Å²) in [6, 6.07) is 7.95. The molecule has 20 heavy (non-hydrogen) atoms. The fraction of sp³-hybridized carbons (Fsp3) is 0.588. The van der Waals surface area contributed by atoms with E-state index in [9.17, 15) is 9.90 Å². The van der Waals surface area contributed by atoms with Crippen LogP contribution in [0.25, 0.3) is 0 Å². The first-order chi connectivity index (χ1) is 9.44. The Hall–Kier alpha value is -1.51. The van der Waals surface area contributed by atoms with Crippen molar-refractivity contribution in [3.05, 3.63) is 29.8 Å². The average Bonchev–Trinajstić information content (AvgIpc) is 2.86. The number of carboxylic acid groups (broad SMARTS) is 1. The molecule has 1 aromatic rings. The first kappa shape index (κ1) is 14.9. The third kappa shape index (κ3) is 3.14. The lowest BCUT2D eigenvalue weighted by Gasteiger charge is -2.25. The Morgan fingerprint density at radius 1 is 1.35 bits per heavy atom. The third-order valence-electron chi connectivity index (χ3n) is 4.52. The topological polar surface area (TPSA) is 46.5 Å². The quantitative estimate of drug-likeness (QED) is 0.875. The van der Waals surface area contributed by atoms with E-state index in [4.69, 9.17) is 4.74 Å². The minimum absolute atomic E-state index is 0.435. The van der Waals surface area contributed by atoms with Crippen LogP contribution in [0.4, 0.5) is 0 Å². The fourth-order valence-corrected chi connectivity index (χ4v) is 2.85. The molecule has 3 nitrogen and oxygen atoms in total. The summed E-state index contributed by atoms with van der Waals surface area (Å²) in [6.07, 6.45) is 4.24. The van der Waals surface area contributed by atoms with Crippen molar-refractivity contribution >= 4 is 5.97 Å².